The van der Waals surface area contributed by atoms with E-state index in [0.717, 1.165) is 81.4 Å². The summed E-state index contributed by atoms with van der Waals surface area (Å²) in [5.41, 5.74) is 7.50. The minimum atomic E-state index is 0.595. The second kappa shape index (κ2) is 12.0. The van der Waals surface area contributed by atoms with E-state index >= 15 is 0 Å². The van der Waals surface area contributed by atoms with Crippen LogP contribution < -0.4 is 20.1 Å². The van der Waals surface area contributed by atoms with Crippen LogP contribution >= 0.6 is 28.1 Å². The molecule has 0 unspecified atom stereocenters. The Hall–Kier alpha value is -3.82. The molecule has 41 heavy (non-hydrogen) atoms. The average molecular weight is 631 g/mol. The van der Waals surface area contributed by atoms with Gasteiger partial charge in [0, 0.05) is 33.5 Å². The van der Waals surface area contributed by atoms with E-state index < -0.39 is 0 Å². The Morgan fingerprint density at radius 3 is 2.37 bits per heavy atom. The van der Waals surface area contributed by atoms with Gasteiger partial charge in [-0.25, -0.2) is 4.52 Å². The highest BCUT2D eigenvalue weighted by Crippen LogP contribution is 2.38. The zero-order valence-corrected chi connectivity index (χ0v) is 25.5. The number of hydrogen-bond donors (Lipinski definition) is 2. The highest BCUT2D eigenvalue weighted by molar-refractivity contribution is 9.10. The van der Waals surface area contributed by atoms with Crippen molar-refractivity contribution in [1.82, 2.24) is 14.2 Å². The molecular weight excluding hydrogens is 598 g/mol. The van der Waals surface area contributed by atoms with Crippen molar-refractivity contribution < 1.29 is 9.47 Å². The zero-order chi connectivity index (χ0) is 28.3. The molecule has 3 aromatic carbocycles. The summed E-state index contributed by atoms with van der Waals surface area (Å²) in [4.78, 5) is 0.636. The zero-order valence-electron chi connectivity index (χ0n) is 23.1. The van der Waals surface area contributed by atoms with Gasteiger partial charge in [0.05, 0.1) is 20.3 Å². The number of aryl methyl sites for hydroxylation is 2. The van der Waals surface area contributed by atoms with Gasteiger partial charge < -0.3 is 24.7 Å². The lowest BCUT2D eigenvalue weighted by Crippen LogP contribution is -2.15. The molecule has 0 aliphatic carbocycles. The Kier molecular flexibility index (Phi) is 7.98. The van der Waals surface area contributed by atoms with Crippen molar-refractivity contribution in [1.29, 1.82) is 0 Å². The number of hydrogen-bond acceptors (Lipinski definition) is 5. The van der Waals surface area contributed by atoms with Crippen LogP contribution in [0.4, 0.5) is 11.4 Å². The Morgan fingerprint density at radius 2 is 1.66 bits per heavy atom. The van der Waals surface area contributed by atoms with E-state index in [0.29, 0.717) is 18.1 Å². The number of ether oxygens (including phenoxy) is 2. The van der Waals surface area contributed by atoms with Gasteiger partial charge in [-0.15, -0.1) is 0 Å². The van der Waals surface area contributed by atoms with E-state index in [2.05, 4.69) is 47.8 Å². The molecular formula is C32H32BrN5O2S. The summed E-state index contributed by atoms with van der Waals surface area (Å²) in [6.45, 7) is 4.14. The molecule has 0 fully saturated rings. The minimum absolute atomic E-state index is 0.595. The molecule has 6 rings (SSSR count). The van der Waals surface area contributed by atoms with E-state index in [9.17, 15) is 0 Å². The largest absolute Gasteiger partial charge is 0.497 e. The molecule has 2 N–H and O–H groups in total. The molecule has 0 amide bonds. The van der Waals surface area contributed by atoms with Crippen LogP contribution in [0, 0.1) is 0 Å². The highest BCUT2D eigenvalue weighted by Gasteiger charge is 2.29. The molecule has 0 saturated carbocycles. The molecule has 0 bridgehead atoms. The van der Waals surface area contributed by atoms with E-state index in [4.69, 9.17) is 26.8 Å². The van der Waals surface area contributed by atoms with Gasteiger partial charge in [0.25, 0.3) is 0 Å². The molecule has 0 saturated heterocycles. The van der Waals surface area contributed by atoms with Gasteiger partial charge in [-0.1, -0.05) is 40.3 Å². The minimum Gasteiger partial charge on any atom is -0.497 e. The van der Waals surface area contributed by atoms with Gasteiger partial charge in [-0.2, -0.15) is 5.10 Å². The fourth-order valence-corrected chi connectivity index (χ4v) is 6.02. The fourth-order valence-electron chi connectivity index (χ4n) is 5.45. The first-order valence-corrected chi connectivity index (χ1v) is 15.1. The normalized spacial score (nSPS) is 12.7. The molecule has 1 aliphatic rings. The molecule has 1 aliphatic heterocycles. The van der Waals surface area contributed by atoms with Gasteiger partial charge >= 0.3 is 0 Å². The van der Waals surface area contributed by atoms with E-state index in [-0.39, 0.29) is 0 Å². The molecule has 3 heterocycles. The molecule has 0 atom stereocenters. The smallest absolute Gasteiger partial charge is 0.150 e. The van der Waals surface area contributed by atoms with Crippen LogP contribution in [0.2, 0.25) is 0 Å². The van der Waals surface area contributed by atoms with Crippen LogP contribution in [0.5, 0.6) is 11.5 Å². The van der Waals surface area contributed by atoms with Gasteiger partial charge in [-0.3, -0.25) is 0 Å². The van der Waals surface area contributed by atoms with Gasteiger partial charge in [0.15, 0.2) is 5.82 Å². The summed E-state index contributed by atoms with van der Waals surface area (Å²) >= 11 is 9.63. The average Bonchev–Trinajstić information content (AvgIpc) is 3.40. The highest BCUT2D eigenvalue weighted by atomic mass is 79.9. The predicted molar refractivity (Wildman–Crippen MR) is 173 cm³/mol. The maximum absolute atomic E-state index is 6.11. The summed E-state index contributed by atoms with van der Waals surface area (Å²) in [7, 11) is 1.68. The number of aromatic nitrogens is 3. The second-order valence-electron chi connectivity index (χ2n) is 9.96. The summed E-state index contributed by atoms with van der Waals surface area (Å²) < 4.78 is 16.5. The SMILES string of the molecule is CCOc1ccc(-c2c3c4n(c(CNc5ccc(OC)cc5)nn4c2C(=S)Nc2ccc(Br)cc2)CCCC3)cc1. The van der Waals surface area contributed by atoms with Crippen molar-refractivity contribution in [2.45, 2.75) is 39.3 Å². The lowest BCUT2D eigenvalue weighted by Gasteiger charge is -2.12. The van der Waals surface area contributed by atoms with E-state index in [1.165, 1.54) is 5.56 Å². The number of rotatable bonds is 9. The van der Waals surface area contributed by atoms with Crippen molar-refractivity contribution in [3.8, 4) is 22.6 Å². The first-order valence-electron chi connectivity index (χ1n) is 13.9. The number of nitrogens with zero attached hydrogens (tertiary/aromatic N) is 3. The molecule has 0 spiro atoms. The molecule has 5 aromatic rings. The van der Waals surface area contributed by atoms with Gasteiger partial charge in [0.1, 0.15) is 27.8 Å². The number of benzene rings is 3. The monoisotopic (exact) mass is 629 g/mol. The molecule has 2 aromatic heterocycles. The van der Waals surface area contributed by atoms with Crippen LogP contribution in [0.3, 0.4) is 0 Å². The number of thiocarbonyl (C=S) groups is 1. The topological polar surface area (TPSA) is 64.8 Å². The van der Waals surface area contributed by atoms with Crippen LogP contribution in [-0.4, -0.2) is 32.9 Å². The third-order valence-corrected chi connectivity index (χ3v) is 8.20. The van der Waals surface area contributed by atoms with Gasteiger partial charge in [-0.05, 0) is 92.4 Å². The maximum atomic E-state index is 6.11. The van der Waals surface area contributed by atoms with Crippen LogP contribution in [-0.2, 0) is 19.5 Å². The number of anilines is 2. The quantitative estimate of drug-likeness (QED) is 0.163. The van der Waals surface area contributed by atoms with E-state index in [1.807, 2.05) is 67.6 Å². The summed E-state index contributed by atoms with van der Waals surface area (Å²) in [5.74, 6) is 2.67. The van der Waals surface area contributed by atoms with Crippen molar-refractivity contribution in [3.63, 3.8) is 0 Å². The van der Waals surface area contributed by atoms with Crippen molar-refractivity contribution in [3.05, 3.63) is 94.4 Å². The first kappa shape index (κ1) is 27.4. The molecule has 7 nitrogen and oxygen atoms in total. The first-order chi connectivity index (χ1) is 20.1. The van der Waals surface area contributed by atoms with Crippen LogP contribution in [0.15, 0.2) is 77.3 Å². The molecule has 9 heteroatoms. The maximum Gasteiger partial charge on any atom is 0.150 e. The lowest BCUT2D eigenvalue weighted by atomic mass is 9.98. The lowest BCUT2D eigenvalue weighted by molar-refractivity contribution is 0.340. The molecule has 210 valence electrons. The Balaban J connectivity index is 1.45. The standard InChI is InChI=1S/C32H32BrN5O2S/c1-3-40-26-15-7-21(8-16-26)29-27-6-4-5-19-37-28(20-34-23-13-17-25(39-2)18-14-23)36-38(32(27)37)30(29)31(41)35-24-11-9-22(33)10-12-24/h7-18,34H,3-6,19-20H2,1-2H3,(H,35,41). The third-order valence-electron chi connectivity index (χ3n) is 7.37. The van der Waals surface area contributed by atoms with Crippen molar-refractivity contribution >= 4 is 50.2 Å². The van der Waals surface area contributed by atoms with Crippen LogP contribution in [0.25, 0.3) is 16.8 Å². The second-order valence-corrected chi connectivity index (χ2v) is 11.3. The summed E-state index contributed by atoms with van der Waals surface area (Å²) in [5, 5.41) is 12.2. The predicted octanol–water partition coefficient (Wildman–Crippen LogP) is 7.71. The van der Waals surface area contributed by atoms with Crippen molar-refractivity contribution in [2.24, 2.45) is 0 Å². The Bertz CT molecular complexity index is 1680. The summed E-state index contributed by atoms with van der Waals surface area (Å²) in [6, 6.07) is 24.3. The summed E-state index contributed by atoms with van der Waals surface area (Å²) in [6.07, 6.45) is 3.16. The van der Waals surface area contributed by atoms with Gasteiger partial charge in [0.2, 0.25) is 0 Å². The fraction of sp³-hybridized carbons (Fsp3) is 0.250. The molecule has 0 radical (unpaired) electrons. The van der Waals surface area contributed by atoms with Crippen molar-refractivity contribution in [2.75, 3.05) is 24.4 Å². The Morgan fingerprint density at radius 1 is 0.951 bits per heavy atom. The number of methoxy groups -OCH3 is 1. The van der Waals surface area contributed by atoms with Crippen LogP contribution in [0.1, 0.15) is 36.8 Å². The third kappa shape index (κ3) is 5.56. The Labute approximate surface area is 253 Å². The number of nitrogens with one attached hydrogen (secondary N) is 2. The number of halogens is 1. The van der Waals surface area contributed by atoms with E-state index in [1.54, 1.807) is 7.11 Å².